The molecule has 0 bridgehead atoms. The summed E-state index contributed by atoms with van der Waals surface area (Å²) in [7, 11) is 0. The van der Waals surface area contributed by atoms with Crippen molar-refractivity contribution >= 4 is 0 Å². The number of nitrogens with zero attached hydrogens (tertiary/aromatic N) is 2. The van der Waals surface area contributed by atoms with Gasteiger partial charge in [-0.1, -0.05) is 93.3 Å². The Kier molecular flexibility index (Phi) is 8.43. The van der Waals surface area contributed by atoms with E-state index in [1.54, 1.807) is 0 Å². The number of hydrogen-bond donors (Lipinski definition) is 0. The van der Waals surface area contributed by atoms with Gasteiger partial charge in [0.1, 0.15) is 5.69 Å². The summed E-state index contributed by atoms with van der Waals surface area (Å²) in [5, 5.41) is 5.27. The number of aromatic nitrogens is 2. The fraction of sp³-hybridized carbons (Fsp3) is 0.469. The molecule has 0 amide bonds. The fourth-order valence-corrected chi connectivity index (χ4v) is 5.66. The lowest BCUT2D eigenvalue weighted by atomic mass is 9.79. The minimum absolute atomic E-state index is 0.738. The van der Waals surface area contributed by atoms with Crippen molar-refractivity contribution in [2.45, 2.75) is 85.1 Å². The lowest BCUT2D eigenvalue weighted by molar-refractivity contribution is 0.233. The van der Waals surface area contributed by atoms with Crippen LogP contribution in [0, 0.1) is 11.8 Å². The minimum Gasteiger partial charge on any atom is -0.268 e. The molecule has 0 saturated heterocycles. The van der Waals surface area contributed by atoms with E-state index >= 15 is 0 Å². The molecule has 1 fully saturated rings. The van der Waals surface area contributed by atoms with Crippen LogP contribution in [0.3, 0.4) is 0 Å². The SMILES string of the molecule is C=C(C)CCCC1CCC(Cn2nc(-c3ccc(CC)cc3)c(-c3ccccc3)c2CC)CC1. The van der Waals surface area contributed by atoms with Crippen LogP contribution in [-0.4, -0.2) is 9.78 Å². The van der Waals surface area contributed by atoms with Gasteiger partial charge in [-0.15, -0.1) is 6.58 Å². The molecule has 4 rings (SSSR count). The third-order valence-electron chi connectivity index (χ3n) is 7.70. The van der Waals surface area contributed by atoms with Crippen LogP contribution in [0.15, 0.2) is 66.7 Å². The lowest BCUT2D eigenvalue weighted by Crippen LogP contribution is -2.20. The molecule has 0 unspecified atom stereocenters. The van der Waals surface area contributed by atoms with E-state index in [4.69, 9.17) is 5.10 Å². The van der Waals surface area contributed by atoms with Crippen LogP contribution >= 0.6 is 0 Å². The van der Waals surface area contributed by atoms with Crippen molar-refractivity contribution in [1.29, 1.82) is 0 Å². The quantitative estimate of drug-likeness (QED) is 0.280. The summed E-state index contributed by atoms with van der Waals surface area (Å²) in [6, 6.07) is 19.9. The predicted molar refractivity (Wildman–Crippen MR) is 146 cm³/mol. The maximum Gasteiger partial charge on any atom is 0.100 e. The second-order valence-corrected chi connectivity index (χ2v) is 10.4. The van der Waals surface area contributed by atoms with Crippen LogP contribution in [-0.2, 0) is 19.4 Å². The van der Waals surface area contributed by atoms with E-state index < -0.39 is 0 Å². The Balaban J connectivity index is 1.56. The Hall–Kier alpha value is -2.61. The number of allylic oxidation sites excluding steroid dienone is 1. The van der Waals surface area contributed by atoms with E-state index in [1.807, 2.05) is 0 Å². The number of aryl methyl sites for hydroxylation is 1. The zero-order valence-corrected chi connectivity index (χ0v) is 21.5. The van der Waals surface area contributed by atoms with Crippen LogP contribution in [0.4, 0.5) is 0 Å². The topological polar surface area (TPSA) is 17.8 Å². The maximum absolute atomic E-state index is 5.27. The standard InChI is InChI=1S/C32H42N2/c1-5-25-19-21-29(22-20-25)32-31(28-13-8-7-9-14-28)30(6-2)34(33-32)23-27-17-15-26(16-18-27)12-10-11-24(3)4/h7-9,13-14,19-22,26-27H,3,5-6,10-12,15-18,23H2,1-2,4H3. The molecule has 3 aromatic rings. The fourth-order valence-electron chi connectivity index (χ4n) is 5.66. The van der Waals surface area contributed by atoms with E-state index in [0.717, 1.165) is 36.9 Å². The van der Waals surface area contributed by atoms with Gasteiger partial charge >= 0.3 is 0 Å². The van der Waals surface area contributed by atoms with Crippen LogP contribution in [0.1, 0.15) is 77.0 Å². The van der Waals surface area contributed by atoms with E-state index in [9.17, 15) is 0 Å². The first kappa shape index (κ1) is 24.5. The van der Waals surface area contributed by atoms with Crippen molar-refractivity contribution in [3.05, 3.63) is 78.0 Å². The summed E-state index contributed by atoms with van der Waals surface area (Å²) >= 11 is 0. The van der Waals surface area contributed by atoms with Crippen LogP contribution < -0.4 is 0 Å². The molecule has 180 valence electrons. The van der Waals surface area contributed by atoms with Gasteiger partial charge < -0.3 is 0 Å². The smallest absolute Gasteiger partial charge is 0.100 e. The second-order valence-electron chi connectivity index (χ2n) is 10.4. The Morgan fingerprint density at radius 3 is 2.18 bits per heavy atom. The molecular weight excluding hydrogens is 412 g/mol. The molecule has 2 nitrogen and oxygen atoms in total. The van der Waals surface area contributed by atoms with E-state index in [2.05, 4.69) is 86.6 Å². The molecule has 0 spiro atoms. The third kappa shape index (κ3) is 5.90. The number of benzene rings is 2. The Morgan fingerprint density at radius 1 is 0.882 bits per heavy atom. The number of rotatable bonds is 10. The van der Waals surface area contributed by atoms with E-state index in [0.29, 0.717) is 0 Å². The molecule has 1 aliphatic rings. The molecule has 0 radical (unpaired) electrons. The van der Waals surface area contributed by atoms with Crippen LogP contribution in [0.2, 0.25) is 0 Å². The number of hydrogen-bond acceptors (Lipinski definition) is 1. The van der Waals surface area contributed by atoms with Gasteiger partial charge in [0.2, 0.25) is 0 Å². The summed E-state index contributed by atoms with van der Waals surface area (Å²) in [4.78, 5) is 0. The molecule has 2 heteroatoms. The summed E-state index contributed by atoms with van der Waals surface area (Å²) < 4.78 is 2.36. The molecule has 2 aromatic carbocycles. The average Bonchev–Trinajstić information content (AvgIpc) is 3.23. The molecule has 0 aliphatic heterocycles. The zero-order chi connectivity index (χ0) is 23.9. The normalized spacial score (nSPS) is 18.2. The van der Waals surface area contributed by atoms with Crippen molar-refractivity contribution in [2.75, 3.05) is 0 Å². The largest absolute Gasteiger partial charge is 0.268 e. The summed E-state index contributed by atoms with van der Waals surface area (Å²) in [5.41, 5.74) is 9.05. The van der Waals surface area contributed by atoms with E-state index in [-0.39, 0.29) is 0 Å². The van der Waals surface area contributed by atoms with Crippen molar-refractivity contribution in [3.8, 4) is 22.4 Å². The lowest BCUT2D eigenvalue weighted by Gasteiger charge is -2.29. The Morgan fingerprint density at radius 2 is 1.56 bits per heavy atom. The average molecular weight is 455 g/mol. The molecule has 1 heterocycles. The van der Waals surface area contributed by atoms with Gasteiger partial charge in [-0.25, -0.2) is 0 Å². The summed E-state index contributed by atoms with van der Waals surface area (Å²) in [5.74, 6) is 1.65. The predicted octanol–water partition coefficient (Wildman–Crippen LogP) is 8.89. The molecule has 0 atom stereocenters. The Labute approximate surface area is 207 Å². The van der Waals surface area contributed by atoms with Gasteiger partial charge in [0.05, 0.1) is 0 Å². The highest BCUT2D eigenvalue weighted by molar-refractivity contribution is 5.82. The van der Waals surface area contributed by atoms with Crippen molar-refractivity contribution in [3.63, 3.8) is 0 Å². The van der Waals surface area contributed by atoms with Crippen molar-refractivity contribution in [1.82, 2.24) is 9.78 Å². The molecule has 34 heavy (non-hydrogen) atoms. The second kappa shape index (κ2) is 11.7. The maximum atomic E-state index is 5.27. The first-order valence-corrected chi connectivity index (χ1v) is 13.5. The summed E-state index contributed by atoms with van der Waals surface area (Å²) in [6.45, 7) is 11.8. The van der Waals surface area contributed by atoms with Gasteiger partial charge in [0.15, 0.2) is 0 Å². The zero-order valence-electron chi connectivity index (χ0n) is 21.5. The van der Waals surface area contributed by atoms with E-state index in [1.165, 1.54) is 78.5 Å². The van der Waals surface area contributed by atoms with Gasteiger partial charge in [0.25, 0.3) is 0 Å². The van der Waals surface area contributed by atoms with Gasteiger partial charge in [-0.2, -0.15) is 5.10 Å². The van der Waals surface area contributed by atoms with Crippen LogP contribution in [0.25, 0.3) is 22.4 Å². The first-order valence-electron chi connectivity index (χ1n) is 13.5. The molecule has 1 aliphatic carbocycles. The minimum atomic E-state index is 0.738. The third-order valence-corrected chi connectivity index (χ3v) is 7.70. The highest BCUT2D eigenvalue weighted by Crippen LogP contribution is 2.37. The van der Waals surface area contributed by atoms with Crippen molar-refractivity contribution in [2.24, 2.45) is 11.8 Å². The molecular formula is C32H42N2. The first-order chi connectivity index (χ1) is 16.6. The van der Waals surface area contributed by atoms with Crippen LogP contribution in [0.5, 0.6) is 0 Å². The highest BCUT2D eigenvalue weighted by Gasteiger charge is 2.25. The van der Waals surface area contributed by atoms with Crippen molar-refractivity contribution < 1.29 is 0 Å². The molecule has 1 aromatic heterocycles. The monoisotopic (exact) mass is 454 g/mol. The molecule has 0 N–H and O–H groups in total. The van der Waals surface area contributed by atoms with Gasteiger partial charge in [-0.3, -0.25) is 4.68 Å². The summed E-state index contributed by atoms with van der Waals surface area (Å²) in [6.07, 6.45) is 11.4. The van der Waals surface area contributed by atoms with Gasteiger partial charge in [0, 0.05) is 23.4 Å². The Bertz CT molecular complexity index is 1050. The van der Waals surface area contributed by atoms with Gasteiger partial charge in [-0.05, 0) is 68.4 Å². The highest BCUT2D eigenvalue weighted by atomic mass is 15.3. The molecule has 1 saturated carbocycles.